The molecule has 1 aliphatic rings. The number of aliphatic hydroxyl groups is 1. The molecule has 0 radical (unpaired) electrons. The second-order valence-corrected chi connectivity index (χ2v) is 7.97. The van der Waals surface area contributed by atoms with Crippen LogP contribution in [0.15, 0.2) is 54.7 Å². The molecule has 0 fully saturated rings. The van der Waals surface area contributed by atoms with Crippen LogP contribution in [0.2, 0.25) is 0 Å². The molecule has 2 heterocycles. The van der Waals surface area contributed by atoms with Gasteiger partial charge in [0.2, 0.25) is 0 Å². The Morgan fingerprint density at radius 2 is 2.14 bits per heavy atom. The lowest BCUT2D eigenvalue weighted by Gasteiger charge is -2.32. The number of nitrogens with zero attached hydrogens (tertiary/aromatic N) is 1. The molecule has 0 aliphatic carbocycles. The van der Waals surface area contributed by atoms with Gasteiger partial charge in [-0.05, 0) is 35.7 Å². The summed E-state index contributed by atoms with van der Waals surface area (Å²) < 4.78 is 12.1. The zero-order valence-electron chi connectivity index (χ0n) is 16.0. The average molecular weight is 410 g/mol. The third-order valence-electron chi connectivity index (χ3n) is 4.78. The lowest BCUT2D eigenvalue weighted by Crippen LogP contribution is -2.25. The molecule has 0 spiro atoms. The van der Waals surface area contributed by atoms with Crippen molar-refractivity contribution in [1.29, 1.82) is 0 Å². The Labute approximate surface area is 173 Å². The van der Waals surface area contributed by atoms with E-state index in [0.717, 1.165) is 29.1 Å². The number of nitrogens with one attached hydrogen (secondary N) is 1. The van der Waals surface area contributed by atoms with E-state index in [-0.39, 0.29) is 25.2 Å². The highest BCUT2D eigenvalue weighted by molar-refractivity contribution is 7.15. The van der Waals surface area contributed by atoms with Crippen LogP contribution in [0, 0.1) is 5.92 Å². The second kappa shape index (κ2) is 8.63. The molecule has 3 aromatic rings. The number of rotatable bonds is 6. The number of aliphatic hydroxyl groups excluding tert-OH is 1. The van der Waals surface area contributed by atoms with Gasteiger partial charge in [0.15, 0.2) is 0 Å². The van der Waals surface area contributed by atoms with Gasteiger partial charge in [0.1, 0.15) is 22.5 Å². The molecule has 1 amide bonds. The molecule has 6 nitrogen and oxygen atoms in total. The summed E-state index contributed by atoms with van der Waals surface area (Å²) in [5.41, 5.74) is 2.28. The maximum Gasteiger partial charge on any atom is 0.279 e. The van der Waals surface area contributed by atoms with Crippen molar-refractivity contribution in [1.82, 2.24) is 10.3 Å². The molecular formula is C22H22N2O4S. The molecule has 4 rings (SSSR count). The summed E-state index contributed by atoms with van der Waals surface area (Å²) in [5.74, 6) is 1.59. The van der Waals surface area contributed by atoms with Gasteiger partial charge < -0.3 is 19.9 Å². The Morgan fingerprint density at radius 3 is 2.93 bits per heavy atom. The van der Waals surface area contributed by atoms with Crippen molar-refractivity contribution in [3.8, 4) is 16.7 Å². The fraction of sp³-hybridized carbons (Fsp3) is 0.273. The van der Waals surface area contributed by atoms with Gasteiger partial charge in [-0.3, -0.25) is 4.79 Å². The van der Waals surface area contributed by atoms with Crippen LogP contribution in [-0.4, -0.2) is 29.1 Å². The topological polar surface area (TPSA) is 80.7 Å². The fourth-order valence-corrected chi connectivity index (χ4v) is 4.11. The van der Waals surface area contributed by atoms with Gasteiger partial charge in [-0.15, -0.1) is 0 Å². The third kappa shape index (κ3) is 4.41. The summed E-state index contributed by atoms with van der Waals surface area (Å²) in [7, 11) is 0. The SMILES string of the molecule is CC1Cc2cc(Oc3ncc(C(=O)NCCO)s3)ccc2OC1c1ccccc1. The van der Waals surface area contributed by atoms with Gasteiger partial charge in [-0.25, -0.2) is 4.98 Å². The number of fused-ring (bicyclic) bond motifs is 1. The Hall–Kier alpha value is -2.90. The predicted octanol–water partition coefficient (Wildman–Crippen LogP) is 3.97. The summed E-state index contributed by atoms with van der Waals surface area (Å²) in [6.07, 6.45) is 2.40. The second-order valence-electron chi connectivity index (χ2n) is 6.97. The van der Waals surface area contributed by atoms with E-state index >= 15 is 0 Å². The largest absolute Gasteiger partial charge is 0.485 e. The van der Waals surface area contributed by atoms with Crippen molar-refractivity contribution in [3.05, 3.63) is 70.7 Å². The average Bonchev–Trinajstić information content (AvgIpc) is 3.20. The summed E-state index contributed by atoms with van der Waals surface area (Å²) in [6.45, 7) is 2.29. The van der Waals surface area contributed by atoms with Gasteiger partial charge in [0, 0.05) is 12.5 Å². The van der Waals surface area contributed by atoms with Crippen LogP contribution < -0.4 is 14.8 Å². The number of aromatic nitrogens is 1. The first-order valence-corrected chi connectivity index (χ1v) is 10.3. The molecule has 1 aromatic heterocycles. The number of hydrogen-bond acceptors (Lipinski definition) is 6. The number of carbonyl (C=O) groups excluding carboxylic acids is 1. The van der Waals surface area contributed by atoms with Crippen LogP contribution >= 0.6 is 11.3 Å². The van der Waals surface area contributed by atoms with Gasteiger partial charge >= 0.3 is 0 Å². The van der Waals surface area contributed by atoms with Crippen LogP contribution in [0.5, 0.6) is 16.7 Å². The van der Waals surface area contributed by atoms with E-state index in [9.17, 15) is 4.79 Å². The molecule has 2 aromatic carbocycles. The highest BCUT2D eigenvalue weighted by Gasteiger charge is 2.28. The van der Waals surface area contributed by atoms with Crippen molar-refractivity contribution in [2.24, 2.45) is 5.92 Å². The highest BCUT2D eigenvalue weighted by atomic mass is 32.1. The zero-order valence-corrected chi connectivity index (χ0v) is 16.8. The number of thiazole rings is 1. The van der Waals surface area contributed by atoms with Crippen LogP contribution in [0.4, 0.5) is 0 Å². The Balaban J connectivity index is 1.46. The zero-order chi connectivity index (χ0) is 20.2. The monoisotopic (exact) mass is 410 g/mol. The Bertz CT molecular complexity index is 989. The van der Waals surface area contributed by atoms with E-state index in [1.54, 1.807) is 0 Å². The molecule has 150 valence electrons. The number of ether oxygens (including phenoxy) is 2. The maximum absolute atomic E-state index is 11.9. The van der Waals surface area contributed by atoms with Gasteiger partial charge in [-0.1, -0.05) is 48.6 Å². The number of benzene rings is 2. The van der Waals surface area contributed by atoms with E-state index < -0.39 is 0 Å². The summed E-state index contributed by atoms with van der Waals surface area (Å²) in [6, 6.07) is 16.0. The molecule has 2 unspecified atom stereocenters. The molecule has 0 bridgehead atoms. The van der Waals surface area contributed by atoms with E-state index in [1.165, 1.54) is 11.8 Å². The minimum atomic E-state index is -0.272. The smallest absolute Gasteiger partial charge is 0.279 e. The van der Waals surface area contributed by atoms with E-state index in [0.29, 0.717) is 21.7 Å². The van der Waals surface area contributed by atoms with Crippen molar-refractivity contribution in [2.75, 3.05) is 13.2 Å². The van der Waals surface area contributed by atoms with E-state index in [2.05, 4.69) is 29.4 Å². The molecule has 2 atom stereocenters. The summed E-state index contributed by atoms with van der Waals surface area (Å²) in [4.78, 5) is 16.5. The molecule has 7 heteroatoms. The highest BCUT2D eigenvalue weighted by Crippen LogP contribution is 2.40. The lowest BCUT2D eigenvalue weighted by atomic mass is 9.88. The molecular weight excluding hydrogens is 388 g/mol. The first-order chi connectivity index (χ1) is 14.1. The lowest BCUT2D eigenvalue weighted by molar-refractivity contribution is 0.0948. The van der Waals surface area contributed by atoms with E-state index in [1.807, 2.05) is 36.4 Å². The van der Waals surface area contributed by atoms with E-state index in [4.69, 9.17) is 14.6 Å². The van der Waals surface area contributed by atoms with Crippen LogP contribution in [0.25, 0.3) is 0 Å². The Kier molecular flexibility index (Phi) is 5.78. The van der Waals surface area contributed by atoms with Crippen molar-refractivity contribution in [2.45, 2.75) is 19.4 Å². The van der Waals surface area contributed by atoms with Crippen molar-refractivity contribution < 1.29 is 19.4 Å². The number of hydrogen-bond donors (Lipinski definition) is 2. The number of carbonyl (C=O) groups is 1. The van der Waals surface area contributed by atoms with Crippen molar-refractivity contribution >= 4 is 17.2 Å². The molecule has 0 saturated carbocycles. The fourth-order valence-electron chi connectivity index (χ4n) is 3.41. The van der Waals surface area contributed by atoms with Crippen LogP contribution in [-0.2, 0) is 6.42 Å². The minimum Gasteiger partial charge on any atom is -0.485 e. The minimum absolute atomic E-state index is 0.0365. The van der Waals surface area contributed by atoms with Gasteiger partial charge in [0.25, 0.3) is 11.1 Å². The molecule has 29 heavy (non-hydrogen) atoms. The summed E-state index contributed by atoms with van der Waals surface area (Å²) >= 11 is 1.16. The Morgan fingerprint density at radius 1 is 1.31 bits per heavy atom. The van der Waals surface area contributed by atoms with Gasteiger partial charge in [0.05, 0.1) is 12.8 Å². The van der Waals surface area contributed by atoms with Crippen LogP contribution in [0.3, 0.4) is 0 Å². The molecule has 0 saturated heterocycles. The quantitative estimate of drug-likeness (QED) is 0.643. The first kappa shape index (κ1) is 19.4. The number of amides is 1. The van der Waals surface area contributed by atoms with Gasteiger partial charge in [-0.2, -0.15) is 0 Å². The normalized spacial score (nSPS) is 17.9. The standard InChI is InChI=1S/C22H22N2O4S/c1-14-11-16-12-17(27-22-24-13-19(29-22)21(26)23-9-10-25)7-8-18(16)28-20(14)15-5-3-2-4-6-15/h2-8,12-14,20,25H,9-11H2,1H3,(H,23,26). The predicted molar refractivity (Wildman–Crippen MR) is 111 cm³/mol. The third-order valence-corrected chi connectivity index (χ3v) is 5.66. The molecule has 1 aliphatic heterocycles. The van der Waals surface area contributed by atoms with Crippen LogP contribution in [0.1, 0.15) is 33.8 Å². The summed E-state index contributed by atoms with van der Waals surface area (Å²) in [5, 5.41) is 11.8. The maximum atomic E-state index is 11.9. The van der Waals surface area contributed by atoms with Crippen molar-refractivity contribution in [3.63, 3.8) is 0 Å². The first-order valence-electron chi connectivity index (χ1n) is 9.51. The molecule has 2 N–H and O–H groups in total.